The van der Waals surface area contributed by atoms with E-state index in [2.05, 4.69) is 22.8 Å². The Morgan fingerprint density at radius 1 is 0.750 bits per heavy atom. The number of hydrogen-bond acceptors (Lipinski definition) is 4. The largest absolute Gasteiger partial charge is 0.508 e. The third kappa shape index (κ3) is 2.54. The third-order valence-electron chi connectivity index (χ3n) is 3.31. The molecule has 102 valence electrons. The maximum absolute atomic E-state index is 9.31. The van der Waals surface area contributed by atoms with Crippen LogP contribution in [0.25, 0.3) is 0 Å². The lowest BCUT2D eigenvalue weighted by atomic mass is 9.94. The SMILES string of the molecule is Oc1ccc(NC2(Nc3ccc(O)cc3)C=CC2)cc1. The Morgan fingerprint density at radius 2 is 1.15 bits per heavy atom. The molecule has 0 saturated heterocycles. The average Bonchev–Trinajstić information content (AvgIpc) is 2.41. The Balaban J connectivity index is 1.76. The van der Waals surface area contributed by atoms with Crippen LogP contribution in [0.5, 0.6) is 11.5 Å². The molecule has 4 nitrogen and oxygen atoms in total. The summed E-state index contributed by atoms with van der Waals surface area (Å²) in [4.78, 5) is 0. The minimum Gasteiger partial charge on any atom is -0.508 e. The van der Waals surface area contributed by atoms with Crippen molar-refractivity contribution in [2.24, 2.45) is 0 Å². The molecule has 0 amide bonds. The molecule has 2 aromatic rings. The van der Waals surface area contributed by atoms with Crippen LogP contribution in [0.1, 0.15) is 6.42 Å². The van der Waals surface area contributed by atoms with Gasteiger partial charge in [0, 0.05) is 17.8 Å². The van der Waals surface area contributed by atoms with Crippen LogP contribution in [0.4, 0.5) is 11.4 Å². The van der Waals surface area contributed by atoms with E-state index in [-0.39, 0.29) is 17.2 Å². The number of nitrogens with one attached hydrogen (secondary N) is 2. The van der Waals surface area contributed by atoms with Gasteiger partial charge >= 0.3 is 0 Å². The highest BCUT2D eigenvalue weighted by Gasteiger charge is 2.31. The Morgan fingerprint density at radius 3 is 1.45 bits per heavy atom. The van der Waals surface area contributed by atoms with E-state index in [0.717, 1.165) is 17.8 Å². The minimum atomic E-state index is -0.325. The van der Waals surface area contributed by atoms with Crippen LogP contribution in [0.2, 0.25) is 0 Å². The van der Waals surface area contributed by atoms with Crippen LogP contribution < -0.4 is 10.6 Å². The van der Waals surface area contributed by atoms with Gasteiger partial charge in [0.2, 0.25) is 0 Å². The summed E-state index contributed by atoms with van der Waals surface area (Å²) in [7, 11) is 0. The van der Waals surface area contributed by atoms with Crippen LogP contribution >= 0.6 is 0 Å². The van der Waals surface area contributed by atoms with Crippen molar-refractivity contribution in [1.29, 1.82) is 0 Å². The molecule has 20 heavy (non-hydrogen) atoms. The van der Waals surface area contributed by atoms with E-state index >= 15 is 0 Å². The van der Waals surface area contributed by atoms with Crippen LogP contribution in [-0.2, 0) is 0 Å². The van der Waals surface area contributed by atoms with Crippen LogP contribution in [0.3, 0.4) is 0 Å². The number of aromatic hydroxyl groups is 2. The zero-order valence-corrected chi connectivity index (χ0v) is 10.9. The molecule has 0 spiro atoms. The summed E-state index contributed by atoms with van der Waals surface area (Å²) < 4.78 is 0. The van der Waals surface area contributed by atoms with Crippen molar-refractivity contribution >= 4 is 11.4 Å². The van der Waals surface area contributed by atoms with Gasteiger partial charge in [-0.2, -0.15) is 0 Å². The molecule has 0 aliphatic heterocycles. The zero-order valence-electron chi connectivity index (χ0n) is 10.9. The van der Waals surface area contributed by atoms with Crippen LogP contribution in [0, 0.1) is 0 Å². The summed E-state index contributed by atoms with van der Waals surface area (Å²) in [6, 6.07) is 13.9. The second kappa shape index (κ2) is 4.81. The summed E-state index contributed by atoms with van der Waals surface area (Å²) in [6.45, 7) is 0. The Kier molecular flexibility index (Phi) is 2.99. The maximum atomic E-state index is 9.31. The average molecular weight is 268 g/mol. The molecule has 1 aliphatic carbocycles. The smallest absolute Gasteiger partial charge is 0.131 e. The van der Waals surface area contributed by atoms with Gasteiger partial charge in [0.15, 0.2) is 0 Å². The number of phenols is 2. The van der Waals surface area contributed by atoms with Gasteiger partial charge in [-0.15, -0.1) is 0 Å². The van der Waals surface area contributed by atoms with Crippen molar-refractivity contribution < 1.29 is 10.2 Å². The van der Waals surface area contributed by atoms with E-state index in [0.29, 0.717) is 0 Å². The molecule has 4 heteroatoms. The second-order valence-corrected chi connectivity index (χ2v) is 4.92. The summed E-state index contributed by atoms with van der Waals surface area (Å²) in [5.41, 5.74) is 1.53. The lowest BCUT2D eigenvalue weighted by Crippen LogP contribution is -2.47. The fourth-order valence-electron chi connectivity index (χ4n) is 2.17. The lowest BCUT2D eigenvalue weighted by molar-refractivity contribution is 0.475. The number of phenolic OH excluding ortho intramolecular Hbond substituents is 2. The monoisotopic (exact) mass is 268 g/mol. The van der Waals surface area contributed by atoms with Crippen LogP contribution in [-0.4, -0.2) is 15.9 Å². The van der Waals surface area contributed by atoms with Gasteiger partial charge < -0.3 is 20.8 Å². The number of benzene rings is 2. The fraction of sp³-hybridized carbons (Fsp3) is 0.125. The van der Waals surface area contributed by atoms with Crippen molar-refractivity contribution in [1.82, 2.24) is 0 Å². The van der Waals surface area contributed by atoms with E-state index in [1.54, 1.807) is 24.3 Å². The van der Waals surface area contributed by atoms with Crippen LogP contribution in [0.15, 0.2) is 60.7 Å². The topological polar surface area (TPSA) is 64.5 Å². The van der Waals surface area contributed by atoms with Gasteiger partial charge in [0.05, 0.1) is 0 Å². The van der Waals surface area contributed by atoms with Crippen molar-refractivity contribution in [2.75, 3.05) is 10.6 Å². The molecule has 0 heterocycles. The molecule has 0 atom stereocenters. The maximum Gasteiger partial charge on any atom is 0.131 e. The van der Waals surface area contributed by atoms with Crippen molar-refractivity contribution in [2.45, 2.75) is 12.1 Å². The van der Waals surface area contributed by atoms with Gasteiger partial charge in [0.1, 0.15) is 17.2 Å². The highest BCUT2D eigenvalue weighted by molar-refractivity contribution is 5.58. The standard InChI is InChI=1S/C16H16N2O2/c19-14-6-2-12(3-7-14)17-16(10-1-11-16)18-13-4-8-15(20)9-5-13/h1-10,17-20H,11H2. The Hall–Kier alpha value is -2.62. The first kappa shape index (κ1) is 12.4. The van der Waals surface area contributed by atoms with Gasteiger partial charge in [-0.05, 0) is 54.6 Å². The summed E-state index contributed by atoms with van der Waals surface area (Å²) in [6.07, 6.45) is 5.00. The van der Waals surface area contributed by atoms with E-state index in [1.807, 2.05) is 24.3 Å². The molecule has 2 aromatic carbocycles. The first-order valence-corrected chi connectivity index (χ1v) is 6.47. The van der Waals surface area contributed by atoms with E-state index in [4.69, 9.17) is 0 Å². The quantitative estimate of drug-likeness (QED) is 0.390. The molecular weight excluding hydrogens is 252 g/mol. The minimum absolute atomic E-state index is 0.250. The molecule has 0 radical (unpaired) electrons. The number of anilines is 2. The molecule has 0 aromatic heterocycles. The van der Waals surface area contributed by atoms with Gasteiger partial charge in [-0.25, -0.2) is 0 Å². The normalized spacial score (nSPS) is 15.4. The summed E-state index contributed by atoms with van der Waals surface area (Å²) in [5, 5.41) is 25.4. The Bertz CT molecular complexity index is 570. The molecule has 4 N–H and O–H groups in total. The Labute approximate surface area is 117 Å². The molecule has 1 aliphatic rings. The molecule has 3 rings (SSSR count). The zero-order chi connectivity index (χ0) is 14.0. The first-order valence-electron chi connectivity index (χ1n) is 6.47. The van der Waals surface area contributed by atoms with Crippen molar-refractivity contribution in [3.63, 3.8) is 0 Å². The van der Waals surface area contributed by atoms with Gasteiger partial charge in [-0.3, -0.25) is 0 Å². The van der Waals surface area contributed by atoms with Crippen molar-refractivity contribution in [3.05, 3.63) is 60.7 Å². The number of hydrogen-bond donors (Lipinski definition) is 4. The van der Waals surface area contributed by atoms with E-state index in [9.17, 15) is 10.2 Å². The van der Waals surface area contributed by atoms with E-state index < -0.39 is 0 Å². The van der Waals surface area contributed by atoms with Crippen molar-refractivity contribution in [3.8, 4) is 11.5 Å². The third-order valence-corrected chi connectivity index (χ3v) is 3.31. The number of rotatable bonds is 4. The highest BCUT2D eigenvalue weighted by Crippen LogP contribution is 2.30. The molecule has 0 fully saturated rings. The highest BCUT2D eigenvalue weighted by atomic mass is 16.3. The predicted octanol–water partition coefficient (Wildman–Crippen LogP) is 3.28. The molecule has 0 saturated carbocycles. The lowest BCUT2D eigenvalue weighted by Gasteiger charge is -2.39. The van der Waals surface area contributed by atoms with Gasteiger partial charge in [0.25, 0.3) is 0 Å². The fourth-order valence-corrected chi connectivity index (χ4v) is 2.17. The van der Waals surface area contributed by atoms with Gasteiger partial charge in [-0.1, -0.05) is 6.08 Å². The summed E-state index contributed by atoms with van der Waals surface area (Å²) in [5.74, 6) is 0.500. The predicted molar refractivity (Wildman–Crippen MR) is 79.9 cm³/mol. The molecular formula is C16H16N2O2. The second-order valence-electron chi connectivity index (χ2n) is 4.92. The molecule has 0 unspecified atom stereocenters. The molecule has 0 bridgehead atoms. The first-order chi connectivity index (χ1) is 9.65. The van der Waals surface area contributed by atoms with E-state index in [1.165, 1.54) is 0 Å². The summed E-state index contributed by atoms with van der Waals surface area (Å²) >= 11 is 0.